The molecule has 37 heavy (non-hydrogen) atoms. The van der Waals surface area contributed by atoms with Crippen molar-refractivity contribution in [2.45, 2.75) is 33.0 Å². The van der Waals surface area contributed by atoms with E-state index in [1.807, 2.05) is 35.0 Å². The fourth-order valence-corrected chi connectivity index (χ4v) is 5.27. The molecule has 0 amide bonds. The predicted octanol–water partition coefficient (Wildman–Crippen LogP) is 7.38. The van der Waals surface area contributed by atoms with Crippen molar-refractivity contribution in [3.05, 3.63) is 141 Å². The molecule has 0 unspecified atom stereocenters. The molecule has 0 bridgehead atoms. The second-order valence-electron chi connectivity index (χ2n) is 9.13. The Labute approximate surface area is 227 Å². The Kier molecular flexibility index (Phi) is 7.65. The molecule has 0 fully saturated rings. The Morgan fingerprint density at radius 2 is 1.35 bits per heavy atom. The van der Waals surface area contributed by atoms with Crippen LogP contribution in [-0.2, 0) is 13.1 Å². The van der Waals surface area contributed by atoms with E-state index in [-0.39, 0.29) is 6.04 Å². The van der Waals surface area contributed by atoms with E-state index in [4.69, 9.17) is 23.2 Å². The molecule has 5 aromatic rings. The van der Waals surface area contributed by atoms with Crippen LogP contribution in [-0.4, -0.2) is 25.1 Å². The summed E-state index contributed by atoms with van der Waals surface area (Å²) in [7, 11) is 0. The first-order valence-electron chi connectivity index (χ1n) is 12.1. The molecule has 1 atom stereocenters. The number of aryl methyl sites for hydroxylation is 2. The first-order valence-corrected chi connectivity index (χ1v) is 12.9. The van der Waals surface area contributed by atoms with Gasteiger partial charge in [-0.1, -0.05) is 108 Å². The first-order chi connectivity index (χ1) is 18.0. The minimum atomic E-state index is -0.348. The highest BCUT2D eigenvalue weighted by Gasteiger charge is 2.31. The van der Waals surface area contributed by atoms with Crippen LogP contribution < -0.4 is 0 Å². The molecule has 0 spiro atoms. The van der Waals surface area contributed by atoms with Crippen LogP contribution in [0.2, 0.25) is 10.0 Å². The molecule has 186 valence electrons. The van der Waals surface area contributed by atoms with Gasteiger partial charge in [0.1, 0.15) is 0 Å². The van der Waals surface area contributed by atoms with Crippen molar-refractivity contribution in [1.82, 2.24) is 25.1 Å². The lowest BCUT2D eigenvalue weighted by Crippen LogP contribution is -2.31. The standard InChI is InChI=1S/C30H27Cl2N5/c1-21-10-9-11-22(2)28(21)37-30(33-34-35-37)29(26-17-16-25(31)18-27(26)32)36(19-23-12-5-3-6-13-23)20-24-14-7-4-8-15-24/h3-18,29H,19-20H2,1-2H3/t29-/m0/s1. The summed E-state index contributed by atoms with van der Waals surface area (Å²) in [4.78, 5) is 2.36. The zero-order valence-electron chi connectivity index (χ0n) is 20.7. The van der Waals surface area contributed by atoms with Crippen LogP contribution in [0, 0.1) is 13.8 Å². The number of aromatic nitrogens is 4. The monoisotopic (exact) mass is 527 g/mol. The Bertz CT molecular complexity index is 1420. The molecule has 0 saturated carbocycles. The lowest BCUT2D eigenvalue weighted by molar-refractivity contribution is 0.197. The van der Waals surface area contributed by atoms with Crippen molar-refractivity contribution in [2.75, 3.05) is 0 Å². The van der Waals surface area contributed by atoms with Crippen molar-refractivity contribution in [3.63, 3.8) is 0 Å². The third kappa shape index (κ3) is 5.59. The molecule has 1 heterocycles. The number of nitrogens with zero attached hydrogens (tertiary/aromatic N) is 5. The van der Waals surface area contributed by atoms with E-state index in [0.717, 1.165) is 22.4 Å². The van der Waals surface area contributed by atoms with Gasteiger partial charge in [0.05, 0.1) is 11.7 Å². The minimum Gasteiger partial charge on any atom is -0.281 e. The predicted molar refractivity (Wildman–Crippen MR) is 149 cm³/mol. The van der Waals surface area contributed by atoms with E-state index in [2.05, 4.69) is 94.9 Å². The molecule has 0 aliphatic heterocycles. The number of hydrogen-bond acceptors (Lipinski definition) is 4. The van der Waals surface area contributed by atoms with E-state index in [1.54, 1.807) is 6.07 Å². The van der Waals surface area contributed by atoms with E-state index in [9.17, 15) is 0 Å². The zero-order valence-corrected chi connectivity index (χ0v) is 22.2. The van der Waals surface area contributed by atoms with Gasteiger partial charge < -0.3 is 0 Å². The molecule has 0 radical (unpaired) electrons. The van der Waals surface area contributed by atoms with Crippen molar-refractivity contribution >= 4 is 23.2 Å². The van der Waals surface area contributed by atoms with Gasteiger partial charge in [-0.15, -0.1) is 5.10 Å². The SMILES string of the molecule is Cc1cccc(C)c1-n1nnnc1[C@H](c1ccc(Cl)cc1Cl)N(Cc1ccccc1)Cc1ccccc1. The Hall–Kier alpha value is -3.51. The highest BCUT2D eigenvalue weighted by molar-refractivity contribution is 6.35. The average molecular weight is 528 g/mol. The average Bonchev–Trinajstić information content (AvgIpc) is 3.35. The molecule has 1 aromatic heterocycles. The quantitative estimate of drug-likeness (QED) is 0.211. The zero-order chi connectivity index (χ0) is 25.8. The van der Waals surface area contributed by atoms with Gasteiger partial charge in [-0.2, -0.15) is 4.68 Å². The van der Waals surface area contributed by atoms with E-state index < -0.39 is 0 Å². The number of halogens is 2. The third-order valence-corrected chi connectivity index (χ3v) is 7.03. The summed E-state index contributed by atoms with van der Waals surface area (Å²) in [6, 6.07) is 32.3. The largest absolute Gasteiger partial charge is 0.281 e. The summed E-state index contributed by atoms with van der Waals surface area (Å²) in [6.45, 7) is 5.48. The Balaban J connectivity index is 1.71. The second kappa shape index (κ2) is 11.3. The molecular formula is C30H27Cl2N5. The van der Waals surface area contributed by atoms with Crippen LogP contribution in [0.1, 0.15) is 39.7 Å². The fourth-order valence-electron chi connectivity index (χ4n) is 4.76. The summed E-state index contributed by atoms with van der Waals surface area (Å²) in [5.41, 5.74) is 6.40. The fraction of sp³-hybridized carbons (Fsp3) is 0.167. The number of hydrogen-bond donors (Lipinski definition) is 0. The Morgan fingerprint density at radius 3 is 1.92 bits per heavy atom. The Morgan fingerprint density at radius 1 is 0.757 bits per heavy atom. The number of rotatable bonds is 8. The first kappa shape index (κ1) is 25.2. The van der Waals surface area contributed by atoms with Crippen molar-refractivity contribution in [3.8, 4) is 5.69 Å². The van der Waals surface area contributed by atoms with Crippen LogP contribution in [0.15, 0.2) is 97.1 Å². The van der Waals surface area contributed by atoms with Crippen LogP contribution in [0.3, 0.4) is 0 Å². The maximum Gasteiger partial charge on any atom is 0.178 e. The van der Waals surface area contributed by atoms with Gasteiger partial charge in [-0.05, 0) is 64.2 Å². The summed E-state index contributed by atoms with van der Waals surface area (Å²) in [6.07, 6.45) is 0. The summed E-state index contributed by atoms with van der Waals surface area (Å²) < 4.78 is 1.85. The van der Waals surface area contributed by atoms with Crippen LogP contribution in [0.4, 0.5) is 0 Å². The molecule has 0 aliphatic carbocycles. The van der Waals surface area contributed by atoms with Crippen molar-refractivity contribution in [2.24, 2.45) is 0 Å². The van der Waals surface area contributed by atoms with Crippen molar-refractivity contribution < 1.29 is 0 Å². The molecule has 5 rings (SSSR count). The summed E-state index contributed by atoms with van der Waals surface area (Å²) in [5, 5.41) is 14.3. The maximum absolute atomic E-state index is 6.86. The molecule has 0 aliphatic rings. The highest BCUT2D eigenvalue weighted by Crippen LogP contribution is 2.37. The molecule has 0 saturated heterocycles. The number of tetrazole rings is 1. The van der Waals surface area contributed by atoms with Crippen LogP contribution >= 0.6 is 23.2 Å². The molecule has 4 aromatic carbocycles. The van der Waals surface area contributed by atoms with Crippen molar-refractivity contribution in [1.29, 1.82) is 0 Å². The lowest BCUT2D eigenvalue weighted by atomic mass is 10.0. The van der Waals surface area contributed by atoms with Gasteiger partial charge in [-0.3, -0.25) is 4.90 Å². The normalized spacial score (nSPS) is 12.1. The van der Waals surface area contributed by atoms with Gasteiger partial charge in [0, 0.05) is 23.1 Å². The smallest absolute Gasteiger partial charge is 0.178 e. The molecule has 5 nitrogen and oxygen atoms in total. The molecule has 0 N–H and O–H groups in total. The minimum absolute atomic E-state index is 0.348. The van der Waals surface area contributed by atoms with Gasteiger partial charge >= 0.3 is 0 Å². The van der Waals surface area contributed by atoms with Crippen LogP contribution in [0.5, 0.6) is 0 Å². The molecular weight excluding hydrogens is 501 g/mol. The number of para-hydroxylation sites is 1. The maximum atomic E-state index is 6.86. The van der Waals surface area contributed by atoms with Crippen LogP contribution in [0.25, 0.3) is 5.69 Å². The van der Waals surface area contributed by atoms with Gasteiger partial charge in [-0.25, -0.2) is 0 Å². The summed E-state index contributed by atoms with van der Waals surface area (Å²) in [5.74, 6) is 0.688. The van der Waals surface area contributed by atoms with E-state index in [1.165, 1.54) is 11.1 Å². The molecule has 7 heteroatoms. The van der Waals surface area contributed by atoms with Gasteiger partial charge in [0.2, 0.25) is 0 Å². The van der Waals surface area contributed by atoms with E-state index in [0.29, 0.717) is 29.0 Å². The highest BCUT2D eigenvalue weighted by atomic mass is 35.5. The third-order valence-electron chi connectivity index (χ3n) is 6.47. The van der Waals surface area contributed by atoms with E-state index >= 15 is 0 Å². The summed E-state index contributed by atoms with van der Waals surface area (Å²) >= 11 is 13.2. The topological polar surface area (TPSA) is 46.8 Å². The van der Waals surface area contributed by atoms with Gasteiger partial charge in [0.25, 0.3) is 0 Å². The number of benzene rings is 4. The second-order valence-corrected chi connectivity index (χ2v) is 9.98. The lowest BCUT2D eigenvalue weighted by Gasteiger charge is -2.32. The van der Waals surface area contributed by atoms with Gasteiger partial charge in [0.15, 0.2) is 5.82 Å².